The summed E-state index contributed by atoms with van der Waals surface area (Å²) >= 11 is 0. The molecule has 0 aliphatic heterocycles. The zero-order valence-corrected chi connectivity index (χ0v) is 10.5. The third-order valence-electron chi connectivity index (χ3n) is 3.18. The monoisotopic (exact) mass is 224 g/mol. The van der Waals surface area contributed by atoms with Crippen LogP contribution in [0.25, 0.3) is 0 Å². The molecule has 0 aromatic carbocycles. The van der Waals surface area contributed by atoms with Gasteiger partial charge in [-0.1, -0.05) is 25.5 Å². The van der Waals surface area contributed by atoms with E-state index in [9.17, 15) is 4.79 Å². The lowest BCUT2D eigenvalue weighted by atomic mass is 9.96. The number of hydrogen-bond donors (Lipinski definition) is 2. The molecular formula is C13H24N2O. The van der Waals surface area contributed by atoms with Crippen LogP contribution in [0.15, 0.2) is 11.6 Å². The highest BCUT2D eigenvalue weighted by Gasteiger charge is 2.15. The Kier molecular flexibility index (Phi) is 5.53. The molecule has 0 bridgehead atoms. The van der Waals surface area contributed by atoms with Crippen LogP contribution in [0, 0.1) is 5.92 Å². The first kappa shape index (κ1) is 13.2. The van der Waals surface area contributed by atoms with Crippen LogP contribution in [-0.2, 0) is 4.79 Å². The third-order valence-corrected chi connectivity index (χ3v) is 3.18. The van der Waals surface area contributed by atoms with Crippen molar-refractivity contribution in [2.75, 3.05) is 6.54 Å². The lowest BCUT2D eigenvalue weighted by molar-refractivity contribution is -0.121. The predicted molar refractivity (Wildman–Crippen MR) is 67.0 cm³/mol. The van der Waals surface area contributed by atoms with Crippen molar-refractivity contribution >= 4 is 5.91 Å². The van der Waals surface area contributed by atoms with Gasteiger partial charge < -0.3 is 11.1 Å². The van der Waals surface area contributed by atoms with E-state index in [0.29, 0.717) is 18.9 Å². The van der Waals surface area contributed by atoms with Crippen LogP contribution in [0.3, 0.4) is 0 Å². The van der Waals surface area contributed by atoms with E-state index in [2.05, 4.69) is 25.2 Å². The van der Waals surface area contributed by atoms with Gasteiger partial charge in [-0.2, -0.15) is 0 Å². The molecule has 0 radical (unpaired) electrons. The number of amides is 1. The van der Waals surface area contributed by atoms with Gasteiger partial charge in [-0.3, -0.25) is 4.79 Å². The number of hydrogen-bond acceptors (Lipinski definition) is 2. The van der Waals surface area contributed by atoms with Gasteiger partial charge in [0.25, 0.3) is 0 Å². The van der Waals surface area contributed by atoms with Crippen molar-refractivity contribution in [3.63, 3.8) is 0 Å². The van der Waals surface area contributed by atoms with Gasteiger partial charge in [0.15, 0.2) is 0 Å². The molecule has 0 spiro atoms. The average Bonchev–Trinajstić information content (AvgIpc) is 2.27. The summed E-state index contributed by atoms with van der Waals surface area (Å²) in [5.74, 6) is 0.520. The van der Waals surface area contributed by atoms with Crippen LogP contribution < -0.4 is 11.1 Å². The normalized spacial score (nSPS) is 18.1. The highest BCUT2D eigenvalue weighted by atomic mass is 16.1. The van der Waals surface area contributed by atoms with Crippen molar-refractivity contribution < 1.29 is 4.79 Å². The second-order valence-electron chi connectivity index (χ2n) is 4.94. The molecule has 1 aliphatic carbocycles. The van der Waals surface area contributed by atoms with Crippen molar-refractivity contribution in [2.45, 2.75) is 52.0 Å². The van der Waals surface area contributed by atoms with Gasteiger partial charge in [-0.25, -0.2) is 0 Å². The summed E-state index contributed by atoms with van der Waals surface area (Å²) in [7, 11) is 0. The quantitative estimate of drug-likeness (QED) is 0.702. The highest BCUT2D eigenvalue weighted by Crippen LogP contribution is 2.19. The van der Waals surface area contributed by atoms with Gasteiger partial charge in [0.1, 0.15) is 0 Å². The summed E-state index contributed by atoms with van der Waals surface area (Å²) in [5, 5.41) is 3.01. The van der Waals surface area contributed by atoms with Crippen molar-refractivity contribution in [3.8, 4) is 0 Å². The van der Waals surface area contributed by atoms with E-state index in [1.807, 2.05) is 0 Å². The molecule has 1 unspecified atom stereocenters. The predicted octanol–water partition coefficient (Wildman–Crippen LogP) is 1.98. The van der Waals surface area contributed by atoms with Crippen LogP contribution in [0.4, 0.5) is 0 Å². The molecule has 1 atom stereocenters. The van der Waals surface area contributed by atoms with E-state index in [-0.39, 0.29) is 11.9 Å². The number of nitrogens with two attached hydrogens (primary N) is 1. The molecule has 0 saturated heterocycles. The van der Waals surface area contributed by atoms with Crippen LogP contribution in [0.2, 0.25) is 0 Å². The summed E-state index contributed by atoms with van der Waals surface area (Å²) in [4.78, 5) is 11.8. The zero-order valence-electron chi connectivity index (χ0n) is 10.5. The topological polar surface area (TPSA) is 55.1 Å². The largest absolute Gasteiger partial charge is 0.352 e. The summed E-state index contributed by atoms with van der Waals surface area (Å²) in [5.41, 5.74) is 6.92. The number of carbonyl (C=O) groups excluding carboxylic acids is 1. The van der Waals surface area contributed by atoms with Gasteiger partial charge in [-0.05, 0) is 31.6 Å². The molecule has 0 saturated carbocycles. The van der Waals surface area contributed by atoms with Crippen molar-refractivity contribution in [1.82, 2.24) is 5.32 Å². The Bertz CT molecular complexity index is 259. The first-order valence-electron chi connectivity index (χ1n) is 6.30. The maximum absolute atomic E-state index is 11.8. The Hall–Kier alpha value is -0.830. The Morgan fingerprint density at radius 3 is 2.75 bits per heavy atom. The number of nitrogens with one attached hydrogen (secondary N) is 1. The minimum absolute atomic E-state index is 0.108. The zero-order chi connectivity index (χ0) is 12.0. The van der Waals surface area contributed by atoms with Crippen LogP contribution >= 0.6 is 0 Å². The smallest absolute Gasteiger partial charge is 0.224 e. The molecule has 16 heavy (non-hydrogen) atoms. The van der Waals surface area contributed by atoms with Gasteiger partial charge >= 0.3 is 0 Å². The molecule has 0 fully saturated rings. The van der Waals surface area contributed by atoms with E-state index in [0.717, 1.165) is 12.8 Å². The van der Waals surface area contributed by atoms with Gasteiger partial charge in [0.05, 0.1) is 0 Å². The molecule has 0 aromatic rings. The highest BCUT2D eigenvalue weighted by molar-refractivity contribution is 5.78. The van der Waals surface area contributed by atoms with E-state index >= 15 is 0 Å². The first-order chi connectivity index (χ1) is 7.63. The minimum atomic E-state index is 0.108. The molecule has 3 N–H and O–H groups in total. The molecular weight excluding hydrogens is 200 g/mol. The Balaban J connectivity index is 2.37. The number of rotatable bonds is 5. The molecule has 3 heteroatoms. The fourth-order valence-electron chi connectivity index (χ4n) is 2.03. The van der Waals surface area contributed by atoms with E-state index in [1.165, 1.54) is 18.4 Å². The van der Waals surface area contributed by atoms with Gasteiger partial charge in [0, 0.05) is 19.0 Å². The van der Waals surface area contributed by atoms with Gasteiger partial charge in [-0.15, -0.1) is 0 Å². The summed E-state index contributed by atoms with van der Waals surface area (Å²) in [6, 6.07) is 0.108. The first-order valence-corrected chi connectivity index (χ1v) is 6.30. The summed E-state index contributed by atoms with van der Waals surface area (Å²) < 4.78 is 0. The maximum atomic E-state index is 11.8. The molecule has 1 amide bonds. The van der Waals surface area contributed by atoms with Crippen molar-refractivity contribution in [2.24, 2.45) is 11.7 Å². The molecule has 92 valence electrons. The van der Waals surface area contributed by atoms with Crippen LogP contribution in [-0.4, -0.2) is 18.5 Å². The number of allylic oxidation sites excluding steroid dienone is 1. The fraction of sp³-hybridized carbons (Fsp3) is 0.769. The maximum Gasteiger partial charge on any atom is 0.224 e. The standard InChI is InChI=1S/C13H24N2O/c1-10(2)12(9-14)15-13(16)8-11-6-4-3-5-7-11/h6,10,12H,3-5,7-9,14H2,1-2H3,(H,15,16). The average molecular weight is 224 g/mol. The Labute approximate surface area is 98.5 Å². The lowest BCUT2D eigenvalue weighted by Crippen LogP contribution is -2.43. The lowest BCUT2D eigenvalue weighted by Gasteiger charge is -2.21. The van der Waals surface area contributed by atoms with Crippen LogP contribution in [0.1, 0.15) is 46.0 Å². The second kappa shape index (κ2) is 6.69. The summed E-state index contributed by atoms with van der Waals surface area (Å²) in [6.07, 6.45) is 7.49. The van der Waals surface area contributed by atoms with E-state index in [1.54, 1.807) is 0 Å². The van der Waals surface area contributed by atoms with E-state index in [4.69, 9.17) is 5.73 Å². The third kappa shape index (κ3) is 4.35. The number of carbonyl (C=O) groups is 1. The minimum Gasteiger partial charge on any atom is -0.352 e. The van der Waals surface area contributed by atoms with Crippen LogP contribution in [0.5, 0.6) is 0 Å². The van der Waals surface area contributed by atoms with E-state index < -0.39 is 0 Å². The molecule has 1 aliphatic rings. The Morgan fingerprint density at radius 1 is 1.50 bits per heavy atom. The van der Waals surface area contributed by atoms with Crippen molar-refractivity contribution in [3.05, 3.63) is 11.6 Å². The molecule has 1 rings (SSSR count). The SMILES string of the molecule is CC(C)C(CN)NC(=O)CC1=CCCCC1. The molecule has 0 heterocycles. The second-order valence-corrected chi connectivity index (χ2v) is 4.94. The Morgan fingerprint density at radius 2 is 2.25 bits per heavy atom. The fourth-order valence-corrected chi connectivity index (χ4v) is 2.03. The molecule has 0 aromatic heterocycles. The van der Waals surface area contributed by atoms with Gasteiger partial charge in [0.2, 0.25) is 5.91 Å². The van der Waals surface area contributed by atoms with Crippen molar-refractivity contribution in [1.29, 1.82) is 0 Å². The molecule has 3 nitrogen and oxygen atoms in total. The summed E-state index contributed by atoms with van der Waals surface area (Å²) in [6.45, 7) is 4.68.